The minimum atomic E-state index is -0.989. The summed E-state index contributed by atoms with van der Waals surface area (Å²) in [7, 11) is 0. The predicted octanol–water partition coefficient (Wildman–Crippen LogP) is 1.50. The van der Waals surface area contributed by atoms with Crippen LogP contribution in [0, 0.1) is 0 Å². The van der Waals surface area contributed by atoms with E-state index >= 15 is 0 Å². The molecule has 0 spiro atoms. The molecule has 1 aromatic rings. The van der Waals surface area contributed by atoms with Crippen LogP contribution in [0.1, 0.15) is 12.5 Å². The highest BCUT2D eigenvalue weighted by Gasteiger charge is 2.44. The van der Waals surface area contributed by atoms with Crippen molar-refractivity contribution in [3.05, 3.63) is 34.3 Å². The van der Waals surface area contributed by atoms with Gasteiger partial charge in [0.05, 0.1) is 0 Å². The molecule has 2 N–H and O–H groups in total. The van der Waals surface area contributed by atoms with E-state index in [9.17, 15) is 9.59 Å². The Bertz CT molecular complexity index is 447. The minimum absolute atomic E-state index is 0.334. The molecular weight excluding hydrogens is 260 g/mol. The van der Waals surface area contributed by atoms with E-state index in [1.807, 2.05) is 18.2 Å². The van der Waals surface area contributed by atoms with Crippen molar-refractivity contribution in [1.82, 2.24) is 10.6 Å². The van der Waals surface area contributed by atoms with Crippen molar-refractivity contribution in [3.8, 4) is 0 Å². The molecule has 0 bridgehead atoms. The molecule has 1 fully saturated rings. The first kappa shape index (κ1) is 10.2. The predicted molar refractivity (Wildman–Crippen MR) is 58.2 cm³/mol. The van der Waals surface area contributed by atoms with Crippen LogP contribution in [-0.4, -0.2) is 11.9 Å². The number of nitrogens with one attached hydrogen (secondary N) is 2. The van der Waals surface area contributed by atoms with E-state index in [0.29, 0.717) is 0 Å². The van der Waals surface area contributed by atoms with E-state index < -0.39 is 11.6 Å². The number of hydrogen-bond donors (Lipinski definition) is 2. The van der Waals surface area contributed by atoms with Crippen LogP contribution >= 0.6 is 15.9 Å². The molecule has 78 valence electrons. The zero-order chi connectivity index (χ0) is 11.1. The fourth-order valence-corrected chi connectivity index (χ4v) is 2.28. The van der Waals surface area contributed by atoms with Crippen molar-refractivity contribution in [2.24, 2.45) is 0 Å². The lowest BCUT2D eigenvalue weighted by molar-refractivity contribution is -0.123. The standard InChI is InChI=1S/C10H9BrN2O2/c1-10(8(14)12-9(15)13-10)6-4-2-3-5-7(6)11/h2-5H,1H3,(H2,12,13,14,15)/t10-/m1/s1. The van der Waals surface area contributed by atoms with Gasteiger partial charge in [0.15, 0.2) is 0 Å². The molecule has 5 heteroatoms. The van der Waals surface area contributed by atoms with Crippen molar-refractivity contribution in [1.29, 1.82) is 0 Å². The molecule has 0 saturated carbocycles. The van der Waals surface area contributed by atoms with Crippen molar-refractivity contribution < 1.29 is 9.59 Å². The fourth-order valence-electron chi connectivity index (χ4n) is 1.60. The number of carbonyl (C=O) groups is 2. The Balaban J connectivity index is 2.51. The highest BCUT2D eigenvalue weighted by atomic mass is 79.9. The number of halogens is 1. The largest absolute Gasteiger partial charge is 0.322 e. The third-order valence-corrected chi connectivity index (χ3v) is 3.15. The molecule has 0 radical (unpaired) electrons. The number of hydrogen-bond acceptors (Lipinski definition) is 2. The van der Waals surface area contributed by atoms with Gasteiger partial charge in [-0.3, -0.25) is 10.1 Å². The van der Waals surface area contributed by atoms with Gasteiger partial charge in [-0.25, -0.2) is 4.79 Å². The monoisotopic (exact) mass is 268 g/mol. The molecule has 1 aromatic carbocycles. The molecule has 1 aliphatic heterocycles. The normalized spacial score (nSPS) is 24.9. The second-order valence-electron chi connectivity index (χ2n) is 3.51. The molecular formula is C10H9BrN2O2. The first-order chi connectivity index (χ1) is 7.04. The molecule has 3 amide bonds. The topological polar surface area (TPSA) is 58.2 Å². The molecule has 4 nitrogen and oxygen atoms in total. The number of benzene rings is 1. The van der Waals surface area contributed by atoms with Gasteiger partial charge in [0.25, 0.3) is 5.91 Å². The van der Waals surface area contributed by atoms with E-state index in [1.54, 1.807) is 13.0 Å². The van der Waals surface area contributed by atoms with Gasteiger partial charge in [0.2, 0.25) is 0 Å². The number of amides is 3. The van der Waals surface area contributed by atoms with Gasteiger partial charge in [-0.1, -0.05) is 34.1 Å². The maximum absolute atomic E-state index is 11.6. The molecule has 0 aromatic heterocycles. The average Bonchev–Trinajstić information content (AvgIpc) is 2.42. The van der Waals surface area contributed by atoms with E-state index in [4.69, 9.17) is 0 Å². The maximum atomic E-state index is 11.6. The first-order valence-corrected chi connectivity index (χ1v) is 5.22. The van der Waals surface area contributed by atoms with Gasteiger partial charge in [0, 0.05) is 10.0 Å². The van der Waals surface area contributed by atoms with Gasteiger partial charge in [-0.15, -0.1) is 0 Å². The number of urea groups is 1. The Morgan fingerprint density at radius 3 is 2.47 bits per heavy atom. The van der Waals surface area contributed by atoms with E-state index in [0.717, 1.165) is 10.0 Å². The summed E-state index contributed by atoms with van der Waals surface area (Å²) in [6, 6.07) is 6.85. The quantitative estimate of drug-likeness (QED) is 0.759. The lowest BCUT2D eigenvalue weighted by Gasteiger charge is -2.22. The summed E-state index contributed by atoms with van der Waals surface area (Å²) in [5.74, 6) is -0.334. The third-order valence-electron chi connectivity index (χ3n) is 2.46. The Labute approximate surface area is 95.2 Å². The molecule has 2 rings (SSSR count). The molecule has 1 atom stereocenters. The highest BCUT2D eigenvalue weighted by molar-refractivity contribution is 9.10. The first-order valence-electron chi connectivity index (χ1n) is 4.42. The lowest BCUT2D eigenvalue weighted by Crippen LogP contribution is -2.40. The zero-order valence-corrected chi connectivity index (χ0v) is 9.59. The SMILES string of the molecule is C[C@]1(c2ccccc2Br)NC(=O)NC1=O. The van der Waals surface area contributed by atoms with Crippen molar-refractivity contribution in [2.75, 3.05) is 0 Å². The van der Waals surface area contributed by atoms with Crippen LogP contribution in [0.15, 0.2) is 28.7 Å². The van der Waals surface area contributed by atoms with Crippen LogP contribution in [-0.2, 0) is 10.3 Å². The van der Waals surface area contributed by atoms with Crippen molar-refractivity contribution >= 4 is 27.9 Å². The Hall–Kier alpha value is -1.36. The Kier molecular flexibility index (Phi) is 2.26. The highest BCUT2D eigenvalue weighted by Crippen LogP contribution is 2.30. The van der Waals surface area contributed by atoms with Gasteiger partial charge >= 0.3 is 6.03 Å². The fraction of sp³-hybridized carbons (Fsp3) is 0.200. The smallest absolute Gasteiger partial charge is 0.320 e. The second-order valence-corrected chi connectivity index (χ2v) is 4.37. The van der Waals surface area contributed by atoms with Crippen molar-refractivity contribution in [3.63, 3.8) is 0 Å². The number of carbonyl (C=O) groups excluding carboxylic acids is 2. The number of imide groups is 1. The molecule has 1 heterocycles. The summed E-state index contributed by atoms with van der Waals surface area (Å²) in [4.78, 5) is 22.7. The van der Waals surface area contributed by atoms with Crippen LogP contribution in [0.25, 0.3) is 0 Å². The minimum Gasteiger partial charge on any atom is -0.320 e. The molecule has 15 heavy (non-hydrogen) atoms. The zero-order valence-electron chi connectivity index (χ0n) is 8.00. The van der Waals surface area contributed by atoms with E-state index in [-0.39, 0.29) is 5.91 Å². The molecule has 1 saturated heterocycles. The maximum Gasteiger partial charge on any atom is 0.322 e. The molecule has 0 aliphatic carbocycles. The van der Waals surface area contributed by atoms with Crippen LogP contribution in [0.2, 0.25) is 0 Å². The van der Waals surface area contributed by atoms with Gasteiger partial charge in [0.1, 0.15) is 5.54 Å². The molecule has 1 aliphatic rings. The lowest BCUT2D eigenvalue weighted by atomic mass is 9.92. The van der Waals surface area contributed by atoms with Gasteiger partial charge < -0.3 is 5.32 Å². The van der Waals surface area contributed by atoms with Gasteiger partial charge in [-0.2, -0.15) is 0 Å². The second kappa shape index (κ2) is 3.34. The summed E-state index contributed by atoms with van der Waals surface area (Å²) in [6.07, 6.45) is 0. The Morgan fingerprint density at radius 1 is 1.27 bits per heavy atom. The van der Waals surface area contributed by atoms with E-state index in [1.165, 1.54) is 0 Å². The molecule has 0 unspecified atom stereocenters. The Morgan fingerprint density at radius 2 is 1.93 bits per heavy atom. The van der Waals surface area contributed by atoms with Crippen LogP contribution in [0.4, 0.5) is 4.79 Å². The van der Waals surface area contributed by atoms with Crippen LogP contribution in [0.5, 0.6) is 0 Å². The summed E-state index contributed by atoms with van der Waals surface area (Å²) in [6.45, 7) is 1.67. The van der Waals surface area contributed by atoms with Gasteiger partial charge in [-0.05, 0) is 13.0 Å². The van der Waals surface area contributed by atoms with E-state index in [2.05, 4.69) is 26.6 Å². The van der Waals surface area contributed by atoms with Crippen LogP contribution in [0.3, 0.4) is 0 Å². The summed E-state index contributed by atoms with van der Waals surface area (Å²) in [5.41, 5.74) is -0.245. The summed E-state index contributed by atoms with van der Waals surface area (Å²) >= 11 is 3.36. The van der Waals surface area contributed by atoms with Crippen molar-refractivity contribution in [2.45, 2.75) is 12.5 Å². The summed E-state index contributed by atoms with van der Waals surface area (Å²) < 4.78 is 0.796. The third kappa shape index (κ3) is 1.52. The average molecular weight is 269 g/mol. The number of rotatable bonds is 1. The summed E-state index contributed by atoms with van der Waals surface area (Å²) in [5, 5.41) is 4.83. The van der Waals surface area contributed by atoms with Crippen LogP contribution < -0.4 is 10.6 Å².